The molecule has 3 aromatic rings. The lowest BCUT2D eigenvalue weighted by Gasteiger charge is -2.14. The predicted molar refractivity (Wildman–Crippen MR) is 111 cm³/mol. The lowest BCUT2D eigenvalue weighted by Crippen LogP contribution is -2.30. The van der Waals surface area contributed by atoms with Gasteiger partial charge in [0.05, 0.1) is 17.3 Å². The molecule has 0 bridgehead atoms. The van der Waals surface area contributed by atoms with Crippen LogP contribution in [-0.4, -0.2) is 27.5 Å². The first-order chi connectivity index (χ1) is 13.8. The number of nitrogens with one attached hydrogen (secondary N) is 1. The number of para-hydroxylation sites is 1. The van der Waals surface area contributed by atoms with Crippen molar-refractivity contribution in [2.75, 3.05) is 5.32 Å². The van der Waals surface area contributed by atoms with E-state index >= 15 is 0 Å². The molecule has 1 unspecified atom stereocenters. The molecule has 0 fully saturated rings. The number of hydrogen-bond donors (Lipinski definition) is 1. The van der Waals surface area contributed by atoms with Gasteiger partial charge in [-0.05, 0) is 43.3 Å². The maximum absolute atomic E-state index is 12.4. The number of amides is 1. The molecule has 1 amide bonds. The number of carbonyl (C=O) groups excluding carboxylic acids is 2. The summed E-state index contributed by atoms with van der Waals surface area (Å²) in [5, 5.41) is 3.73. The van der Waals surface area contributed by atoms with Crippen LogP contribution >= 0.6 is 11.6 Å². The van der Waals surface area contributed by atoms with E-state index in [1.807, 2.05) is 0 Å². The molecule has 0 aliphatic heterocycles. The first-order valence-corrected chi connectivity index (χ1v) is 9.43. The van der Waals surface area contributed by atoms with Crippen LogP contribution in [0.15, 0.2) is 53.3 Å². The number of rotatable bonds is 6. The lowest BCUT2D eigenvalue weighted by molar-refractivity contribution is -0.153. The fourth-order valence-corrected chi connectivity index (χ4v) is 2.91. The zero-order chi connectivity index (χ0) is 21.0. The number of benzene rings is 2. The minimum Gasteiger partial charge on any atom is -0.453 e. The fourth-order valence-electron chi connectivity index (χ4n) is 2.79. The highest BCUT2D eigenvalue weighted by Gasteiger charge is 2.18. The number of aryl methyl sites for hydroxylation is 1. The molecule has 0 radical (unpaired) electrons. The summed E-state index contributed by atoms with van der Waals surface area (Å²) in [7, 11) is 1.62. The lowest BCUT2D eigenvalue weighted by atomic mass is 10.2. The molecule has 150 valence electrons. The van der Waals surface area contributed by atoms with Crippen LogP contribution in [0.3, 0.4) is 0 Å². The fraction of sp³-hybridized carbons (Fsp3) is 0.238. The van der Waals surface area contributed by atoms with Crippen LogP contribution < -0.4 is 10.9 Å². The maximum atomic E-state index is 12.4. The van der Waals surface area contributed by atoms with E-state index in [1.54, 1.807) is 55.6 Å². The summed E-state index contributed by atoms with van der Waals surface area (Å²) in [6.45, 7) is 1.49. The van der Waals surface area contributed by atoms with Crippen molar-refractivity contribution < 1.29 is 14.3 Å². The molecule has 0 spiro atoms. The third-order valence-corrected chi connectivity index (χ3v) is 4.67. The van der Waals surface area contributed by atoms with Crippen LogP contribution in [0, 0.1) is 0 Å². The third kappa shape index (κ3) is 5.00. The van der Waals surface area contributed by atoms with Gasteiger partial charge in [-0.2, -0.15) is 0 Å². The van der Waals surface area contributed by atoms with Crippen LogP contribution in [0.4, 0.5) is 5.69 Å². The summed E-state index contributed by atoms with van der Waals surface area (Å²) in [4.78, 5) is 41.2. The number of carbonyl (C=O) groups is 2. The van der Waals surface area contributed by atoms with Gasteiger partial charge >= 0.3 is 5.97 Å². The van der Waals surface area contributed by atoms with Gasteiger partial charge in [0, 0.05) is 24.2 Å². The molecule has 1 N–H and O–H groups in total. The SMILES string of the molecule is CC(OC(=O)CCc1nc2ccccc2c(=O)n1C)C(=O)Nc1ccc(Cl)cc1. The summed E-state index contributed by atoms with van der Waals surface area (Å²) in [6, 6.07) is 13.6. The molecule has 1 heterocycles. The third-order valence-electron chi connectivity index (χ3n) is 4.42. The molecule has 3 rings (SSSR count). The second-order valence-corrected chi connectivity index (χ2v) is 6.97. The number of fused-ring (bicyclic) bond motifs is 1. The summed E-state index contributed by atoms with van der Waals surface area (Å²) >= 11 is 5.81. The van der Waals surface area contributed by atoms with E-state index in [2.05, 4.69) is 10.3 Å². The molecule has 1 atom stereocenters. The van der Waals surface area contributed by atoms with Crippen LogP contribution in [-0.2, 0) is 27.8 Å². The van der Waals surface area contributed by atoms with Crippen molar-refractivity contribution in [2.24, 2.45) is 7.05 Å². The highest BCUT2D eigenvalue weighted by molar-refractivity contribution is 6.30. The van der Waals surface area contributed by atoms with E-state index in [9.17, 15) is 14.4 Å². The normalized spacial score (nSPS) is 11.8. The van der Waals surface area contributed by atoms with Gasteiger partial charge in [-0.15, -0.1) is 0 Å². The molecule has 0 aliphatic carbocycles. The first-order valence-electron chi connectivity index (χ1n) is 9.05. The topological polar surface area (TPSA) is 90.3 Å². The molecule has 29 heavy (non-hydrogen) atoms. The Hall–Kier alpha value is -3.19. The highest BCUT2D eigenvalue weighted by atomic mass is 35.5. The smallest absolute Gasteiger partial charge is 0.307 e. The Morgan fingerprint density at radius 2 is 1.86 bits per heavy atom. The Kier molecular flexibility index (Phi) is 6.29. The van der Waals surface area contributed by atoms with E-state index in [-0.39, 0.29) is 18.4 Å². The summed E-state index contributed by atoms with van der Waals surface area (Å²) in [6.07, 6.45) is -0.746. The van der Waals surface area contributed by atoms with Gasteiger partial charge in [0.15, 0.2) is 6.10 Å². The van der Waals surface area contributed by atoms with Crippen LogP contribution in [0.1, 0.15) is 19.2 Å². The van der Waals surface area contributed by atoms with Crippen LogP contribution in [0.5, 0.6) is 0 Å². The van der Waals surface area contributed by atoms with Gasteiger partial charge in [0.2, 0.25) is 0 Å². The Morgan fingerprint density at radius 3 is 2.59 bits per heavy atom. The van der Waals surface area contributed by atoms with Gasteiger partial charge in [-0.25, -0.2) is 4.98 Å². The number of halogens is 1. The Morgan fingerprint density at radius 1 is 1.17 bits per heavy atom. The van der Waals surface area contributed by atoms with Crippen molar-refractivity contribution in [3.63, 3.8) is 0 Å². The molecule has 8 heteroatoms. The van der Waals surface area contributed by atoms with Gasteiger partial charge in [0.25, 0.3) is 11.5 Å². The molecule has 2 aromatic carbocycles. The Labute approximate surface area is 172 Å². The van der Waals surface area contributed by atoms with Gasteiger partial charge in [0.1, 0.15) is 5.82 Å². The average Bonchev–Trinajstić information content (AvgIpc) is 2.71. The second kappa shape index (κ2) is 8.87. The highest BCUT2D eigenvalue weighted by Crippen LogP contribution is 2.14. The number of anilines is 1. The molecular weight excluding hydrogens is 394 g/mol. The molecular formula is C21H20ClN3O4. The molecule has 1 aromatic heterocycles. The van der Waals surface area contributed by atoms with Gasteiger partial charge < -0.3 is 10.1 Å². The van der Waals surface area contributed by atoms with Crippen LogP contribution in [0.25, 0.3) is 10.9 Å². The van der Waals surface area contributed by atoms with Crippen molar-refractivity contribution >= 4 is 40.1 Å². The van der Waals surface area contributed by atoms with E-state index in [0.717, 1.165) is 0 Å². The number of ether oxygens (including phenoxy) is 1. The number of hydrogen-bond acceptors (Lipinski definition) is 5. The summed E-state index contributed by atoms with van der Waals surface area (Å²) in [5.74, 6) is -0.521. The van der Waals surface area contributed by atoms with Crippen molar-refractivity contribution in [2.45, 2.75) is 25.9 Å². The van der Waals surface area contributed by atoms with Gasteiger partial charge in [-0.1, -0.05) is 23.7 Å². The quantitative estimate of drug-likeness (QED) is 0.627. The van der Waals surface area contributed by atoms with E-state index in [1.165, 1.54) is 11.5 Å². The zero-order valence-electron chi connectivity index (χ0n) is 16.0. The molecule has 0 saturated heterocycles. The molecule has 0 aliphatic rings. The van der Waals surface area contributed by atoms with Crippen molar-refractivity contribution in [3.05, 3.63) is 69.7 Å². The van der Waals surface area contributed by atoms with Crippen LogP contribution in [0.2, 0.25) is 5.02 Å². The number of esters is 1. The first kappa shape index (κ1) is 20.5. The minimum atomic E-state index is -0.966. The Balaban J connectivity index is 1.59. The monoisotopic (exact) mass is 413 g/mol. The minimum absolute atomic E-state index is 0.00279. The standard InChI is InChI=1S/C21H20ClN3O4/c1-13(20(27)23-15-9-7-14(22)8-10-15)29-19(26)12-11-18-24-17-6-4-3-5-16(17)21(28)25(18)2/h3-10,13H,11-12H2,1-2H3,(H,23,27). The number of aromatic nitrogens is 2. The van der Waals surface area contributed by atoms with Crippen molar-refractivity contribution in [1.29, 1.82) is 0 Å². The van der Waals surface area contributed by atoms with E-state index < -0.39 is 18.0 Å². The molecule has 0 saturated carbocycles. The van der Waals surface area contributed by atoms with Crippen molar-refractivity contribution in [1.82, 2.24) is 9.55 Å². The Bertz CT molecular complexity index is 1110. The van der Waals surface area contributed by atoms with Gasteiger partial charge in [-0.3, -0.25) is 19.0 Å². The predicted octanol–water partition coefficient (Wildman–Crippen LogP) is 3.09. The molecule has 7 nitrogen and oxygen atoms in total. The number of nitrogens with zero attached hydrogens (tertiary/aromatic N) is 2. The van der Waals surface area contributed by atoms with E-state index in [4.69, 9.17) is 16.3 Å². The summed E-state index contributed by atoms with van der Waals surface area (Å²) in [5.41, 5.74) is 0.960. The largest absolute Gasteiger partial charge is 0.453 e. The van der Waals surface area contributed by atoms with E-state index in [0.29, 0.717) is 27.4 Å². The average molecular weight is 414 g/mol. The maximum Gasteiger partial charge on any atom is 0.307 e. The van der Waals surface area contributed by atoms with Crippen molar-refractivity contribution in [3.8, 4) is 0 Å². The second-order valence-electron chi connectivity index (χ2n) is 6.54. The summed E-state index contributed by atoms with van der Waals surface area (Å²) < 4.78 is 6.62. The zero-order valence-corrected chi connectivity index (χ0v) is 16.8.